The Balaban J connectivity index is 2.03. The topological polar surface area (TPSA) is 66.6 Å². The zero-order valence-electron chi connectivity index (χ0n) is 11.4. The minimum absolute atomic E-state index is 0.0663. The summed E-state index contributed by atoms with van der Waals surface area (Å²) in [6.45, 7) is 4.35. The van der Waals surface area contributed by atoms with Crippen LogP contribution >= 0.6 is 23.6 Å². The Morgan fingerprint density at radius 3 is 2.55 bits per heavy atom. The normalized spacial score (nSPS) is 19.9. The van der Waals surface area contributed by atoms with Crippen molar-refractivity contribution in [3.8, 4) is 0 Å². The fourth-order valence-corrected chi connectivity index (χ4v) is 5.31. The van der Waals surface area contributed by atoms with Crippen LogP contribution in [0.1, 0.15) is 13.3 Å². The predicted molar refractivity (Wildman–Crippen MR) is 85.5 cm³/mol. The molecule has 0 spiro atoms. The molecule has 20 heavy (non-hydrogen) atoms. The average Bonchev–Trinajstić information content (AvgIpc) is 2.94. The first-order valence-electron chi connectivity index (χ1n) is 6.54. The number of hydrogen-bond acceptors (Lipinski definition) is 5. The molecule has 8 heteroatoms. The van der Waals surface area contributed by atoms with Crippen LogP contribution in [0.5, 0.6) is 0 Å². The molecule has 0 aliphatic carbocycles. The zero-order valence-corrected chi connectivity index (χ0v) is 13.8. The second-order valence-electron chi connectivity index (χ2n) is 4.70. The first kappa shape index (κ1) is 15.8. The van der Waals surface area contributed by atoms with E-state index in [1.165, 1.54) is 11.3 Å². The second kappa shape index (κ2) is 6.48. The van der Waals surface area contributed by atoms with Gasteiger partial charge in [-0.1, -0.05) is 25.2 Å². The lowest BCUT2D eigenvalue weighted by Gasteiger charge is -2.37. The molecule has 1 aliphatic rings. The summed E-state index contributed by atoms with van der Waals surface area (Å²) < 4.78 is 26.7. The lowest BCUT2D eigenvalue weighted by atomic mass is 10.1. The zero-order chi connectivity index (χ0) is 14.8. The highest BCUT2D eigenvalue weighted by Crippen LogP contribution is 2.22. The summed E-state index contributed by atoms with van der Waals surface area (Å²) in [5.41, 5.74) is 5.74. The maximum atomic E-state index is 12.4. The maximum absolute atomic E-state index is 12.4. The van der Waals surface area contributed by atoms with Gasteiger partial charge in [-0.15, -0.1) is 11.3 Å². The molecule has 1 unspecified atom stereocenters. The van der Waals surface area contributed by atoms with Gasteiger partial charge in [0, 0.05) is 26.2 Å². The smallest absolute Gasteiger partial charge is 0.252 e. The molecule has 2 N–H and O–H groups in total. The van der Waals surface area contributed by atoms with Crippen molar-refractivity contribution in [2.75, 3.05) is 26.2 Å². The monoisotopic (exact) mass is 333 g/mol. The van der Waals surface area contributed by atoms with Crippen LogP contribution < -0.4 is 5.73 Å². The van der Waals surface area contributed by atoms with E-state index in [-0.39, 0.29) is 6.04 Å². The SMILES string of the molecule is CCC(C(N)=S)N1CCN(S(=O)(=O)c2cccs2)CC1. The van der Waals surface area contributed by atoms with E-state index in [0.717, 1.165) is 6.42 Å². The molecule has 1 fully saturated rings. The van der Waals surface area contributed by atoms with Gasteiger partial charge in [0.1, 0.15) is 4.21 Å². The van der Waals surface area contributed by atoms with Crippen LogP contribution in [0.3, 0.4) is 0 Å². The molecule has 0 saturated carbocycles. The minimum atomic E-state index is -3.33. The highest BCUT2D eigenvalue weighted by molar-refractivity contribution is 7.91. The second-order valence-corrected chi connectivity index (χ2v) is 8.28. The van der Waals surface area contributed by atoms with Gasteiger partial charge in [-0.25, -0.2) is 8.42 Å². The summed E-state index contributed by atoms with van der Waals surface area (Å²) in [7, 11) is -3.33. The minimum Gasteiger partial charge on any atom is -0.392 e. The Labute approximate surface area is 129 Å². The van der Waals surface area contributed by atoms with Crippen molar-refractivity contribution >= 4 is 38.6 Å². The molecule has 2 rings (SSSR count). The largest absolute Gasteiger partial charge is 0.392 e. The van der Waals surface area contributed by atoms with Gasteiger partial charge in [0.25, 0.3) is 10.0 Å². The van der Waals surface area contributed by atoms with E-state index in [9.17, 15) is 8.42 Å². The van der Waals surface area contributed by atoms with Crippen molar-refractivity contribution < 1.29 is 8.42 Å². The molecule has 0 aromatic carbocycles. The Morgan fingerprint density at radius 1 is 1.45 bits per heavy atom. The number of nitrogens with two attached hydrogens (primary N) is 1. The molecule has 1 atom stereocenters. The van der Waals surface area contributed by atoms with Crippen molar-refractivity contribution in [1.82, 2.24) is 9.21 Å². The lowest BCUT2D eigenvalue weighted by molar-refractivity contribution is 0.165. The number of nitrogens with zero attached hydrogens (tertiary/aromatic N) is 2. The predicted octanol–water partition coefficient (Wildman–Crippen LogP) is 1.12. The van der Waals surface area contributed by atoms with Crippen molar-refractivity contribution in [1.29, 1.82) is 0 Å². The number of sulfonamides is 1. The van der Waals surface area contributed by atoms with E-state index in [2.05, 4.69) is 4.90 Å². The summed E-state index contributed by atoms with van der Waals surface area (Å²) in [4.78, 5) is 2.66. The van der Waals surface area contributed by atoms with E-state index in [1.807, 2.05) is 6.92 Å². The Bertz CT molecular complexity index is 549. The first-order chi connectivity index (χ1) is 9.46. The van der Waals surface area contributed by atoms with Crippen LogP contribution in [-0.2, 0) is 10.0 Å². The van der Waals surface area contributed by atoms with E-state index >= 15 is 0 Å². The molecular weight excluding hydrogens is 314 g/mol. The average molecular weight is 334 g/mol. The van der Waals surface area contributed by atoms with Crippen LogP contribution in [0.25, 0.3) is 0 Å². The molecule has 1 aromatic heterocycles. The van der Waals surface area contributed by atoms with Gasteiger partial charge >= 0.3 is 0 Å². The highest BCUT2D eigenvalue weighted by atomic mass is 32.2. The van der Waals surface area contributed by atoms with Crippen molar-refractivity contribution in [3.63, 3.8) is 0 Å². The van der Waals surface area contributed by atoms with E-state index in [4.69, 9.17) is 18.0 Å². The van der Waals surface area contributed by atoms with Crippen molar-refractivity contribution in [2.24, 2.45) is 5.73 Å². The Hall–Kier alpha value is -0.540. The fraction of sp³-hybridized carbons (Fsp3) is 0.583. The van der Waals surface area contributed by atoms with Crippen LogP contribution in [0, 0.1) is 0 Å². The Morgan fingerprint density at radius 2 is 2.10 bits per heavy atom. The fourth-order valence-electron chi connectivity index (χ4n) is 2.43. The third-order valence-electron chi connectivity index (χ3n) is 3.52. The molecule has 0 amide bonds. The standard InChI is InChI=1S/C12H19N3O2S3/c1-2-10(12(13)18)14-5-7-15(8-6-14)20(16,17)11-4-3-9-19-11/h3-4,9-10H,2,5-8H2,1H3,(H2,13,18). The third kappa shape index (κ3) is 3.20. The van der Waals surface area contributed by atoms with Gasteiger partial charge < -0.3 is 5.73 Å². The molecule has 1 aliphatic heterocycles. The van der Waals surface area contributed by atoms with Crippen LogP contribution in [0.2, 0.25) is 0 Å². The molecule has 112 valence electrons. The summed E-state index contributed by atoms with van der Waals surface area (Å²) in [5, 5.41) is 1.78. The van der Waals surface area contributed by atoms with Gasteiger partial charge in [-0.05, 0) is 17.9 Å². The summed E-state index contributed by atoms with van der Waals surface area (Å²) in [5.74, 6) is 0. The lowest BCUT2D eigenvalue weighted by Crippen LogP contribution is -2.54. The molecule has 1 saturated heterocycles. The molecule has 1 aromatic rings. The summed E-state index contributed by atoms with van der Waals surface area (Å²) in [6, 6.07) is 3.47. The summed E-state index contributed by atoms with van der Waals surface area (Å²) >= 11 is 6.33. The van der Waals surface area contributed by atoms with Gasteiger partial charge in [0.15, 0.2) is 0 Å². The van der Waals surface area contributed by atoms with Crippen LogP contribution in [0.15, 0.2) is 21.7 Å². The number of rotatable bonds is 5. The molecule has 5 nitrogen and oxygen atoms in total. The molecular formula is C12H19N3O2S3. The first-order valence-corrected chi connectivity index (χ1v) is 9.26. The van der Waals surface area contributed by atoms with E-state index in [0.29, 0.717) is 35.4 Å². The number of thiophene rings is 1. The van der Waals surface area contributed by atoms with Crippen LogP contribution in [0.4, 0.5) is 0 Å². The molecule has 0 radical (unpaired) electrons. The maximum Gasteiger partial charge on any atom is 0.252 e. The number of thiocarbonyl (C=S) groups is 1. The number of piperazine rings is 1. The summed E-state index contributed by atoms with van der Waals surface area (Å²) in [6.07, 6.45) is 0.854. The van der Waals surface area contributed by atoms with Crippen molar-refractivity contribution in [3.05, 3.63) is 17.5 Å². The van der Waals surface area contributed by atoms with Gasteiger partial charge in [0.05, 0.1) is 11.0 Å². The van der Waals surface area contributed by atoms with Gasteiger partial charge in [0.2, 0.25) is 0 Å². The number of hydrogen-bond donors (Lipinski definition) is 1. The molecule has 2 heterocycles. The van der Waals surface area contributed by atoms with Gasteiger partial charge in [-0.2, -0.15) is 4.31 Å². The van der Waals surface area contributed by atoms with E-state index < -0.39 is 10.0 Å². The van der Waals surface area contributed by atoms with E-state index in [1.54, 1.807) is 21.8 Å². The van der Waals surface area contributed by atoms with Gasteiger partial charge in [-0.3, -0.25) is 4.90 Å². The highest BCUT2D eigenvalue weighted by Gasteiger charge is 2.31. The molecule has 0 bridgehead atoms. The third-order valence-corrected chi connectivity index (χ3v) is 7.06. The Kier molecular flexibility index (Phi) is 5.14. The quantitative estimate of drug-likeness (QED) is 0.818. The van der Waals surface area contributed by atoms with Crippen LogP contribution in [-0.4, -0.2) is 54.8 Å². The van der Waals surface area contributed by atoms with Crippen molar-refractivity contribution in [2.45, 2.75) is 23.6 Å².